The van der Waals surface area contributed by atoms with E-state index in [1.165, 1.54) is 5.69 Å². The van der Waals surface area contributed by atoms with Gasteiger partial charge in [-0.15, -0.1) is 0 Å². The summed E-state index contributed by atoms with van der Waals surface area (Å²) < 4.78 is 16.4. The SMILES string of the molecule is COc1ccc(CN(Cc2ccc(OC)cc2)c2ncc(-c3nc(N4CCOCC4)nc4c3CCN4C(=O)Nc3ccc(N4CCN(C)CC4)cc3C)cn2)cc1. The number of aromatic nitrogens is 4. The highest BCUT2D eigenvalue weighted by molar-refractivity contribution is 6.03. The minimum Gasteiger partial charge on any atom is -0.497 e. The molecule has 0 saturated carbocycles. The van der Waals surface area contributed by atoms with Crippen LogP contribution in [0.1, 0.15) is 22.3 Å². The second-order valence-electron chi connectivity index (χ2n) is 14.7. The summed E-state index contributed by atoms with van der Waals surface area (Å²) in [6.45, 7) is 10.2. The van der Waals surface area contributed by atoms with Crippen LogP contribution in [0, 0.1) is 6.92 Å². The number of nitrogens with one attached hydrogen (secondary N) is 1. The number of amides is 2. The van der Waals surface area contributed by atoms with E-state index in [1.807, 2.05) is 49.6 Å². The molecule has 5 heterocycles. The number of benzene rings is 3. The number of rotatable bonds is 11. The Bertz CT molecular complexity index is 2100. The van der Waals surface area contributed by atoms with Gasteiger partial charge in [-0.1, -0.05) is 24.3 Å². The maximum atomic E-state index is 14.0. The van der Waals surface area contributed by atoms with E-state index in [0.29, 0.717) is 70.1 Å². The first-order chi connectivity index (χ1) is 27.8. The predicted molar refractivity (Wildman–Crippen MR) is 223 cm³/mol. The third-order valence-electron chi connectivity index (χ3n) is 10.9. The van der Waals surface area contributed by atoms with E-state index in [2.05, 4.69) is 68.4 Å². The van der Waals surface area contributed by atoms with Crippen LogP contribution in [0.2, 0.25) is 0 Å². The third-order valence-corrected chi connectivity index (χ3v) is 10.9. The van der Waals surface area contributed by atoms with Gasteiger partial charge in [0.1, 0.15) is 17.3 Å². The van der Waals surface area contributed by atoms with Gasteiger partial charge < -0.3 is 39.1 Å². The molecule has 0 aliphatic carbocycles. The molecule has 5 aromatic rings. The zero-order valence-corrected chi connectivity index (χ0v) is 33.1. The Balaban J connectivity index is 1.07. The molecule has 3 aliphatic rings. The number of ether oxygens (including phenoxy) is 3. The Labute approximate surface area is 334 Å². The van der Waals surface area contributed by atoms with Crippen LogP contribution in [-0.4, -0.2) is 111 Å². The molecule has 2 amide bonds. The zero-order valence-electron chi connectivity index (χ0n) is 33.1. The number of methoxy groups -OCH3 is 2. The number of urea groups is 1. The molecule has 14 heteroatoms. The van der Waals surface area contributed by atoms with E-state index in [0.717, 1.165) is 76.9 Å². The van der Waals surface area contributed by atoms with Crippen molar-refractivity contribution in [1.82, 2.24) is 24.8 Å². The van der Waals surface area contributed by atoms with Crippen molar-refractivity contribution in [3.05, 3.63) is 101 Å². The Morgan fingerprint density at radius 3 is 2.02 bits per heavy atom. The van der Waals surface area contributed by atoms with Crippen molar-refractivity contribution in [2.24, 2.45) is 0 Å². The first-order valence-corrected chi connectivity index (χ1v) is 19.5. The number of likely N-dealkylation sites (N-methyl/N-ethyl adjacent to an activating group) is 1. The summed E-state index contributed by atoms with van der Waals surface area (Å²) in [5, 5.41) is 3.18. The molecule has 1 N–H and O–H groups in total. The largest absolute Gasteiger partial charge is 0.497 e. The van der Waals surface area contributed by atoms with Crippen molar-refractivity contribution >= 4 is 35.1 Å². The summed E-state index contributed by atoms with van der Waals surface area (Å²) in [5.74, 6) is 3.35. The molecule has 0 atom stereocenters. The summed E-state index contributed by atoms with van der Waals surface area (Å²) in [7, 11) is 5.49. The number of anilines is 5. The van der Waals surface area contributed by atoms with Gasteiger partial charge >= 0.3 is 6.03 Å². The van der Waals surface area contributed by atoms with Crippen LogP contribution in [0.4, 0.5) is 33.9 Å². The van der Waals surface area contributed by atoms with E-state index >= 15 is 0 Å². The van der Waals surface area contributed by atoms with Crippen molar-refractivity contribution in [3.63, 3.8) is 0 Å². The van der Waals surface area contributed by atoms with Gasteiger partial charge in [0.15, 0.2) is 0 Å². The maximum absolute atomic E-state index is 14.0. The minimum absolute atomic E-state index is 0.221. The number of aryl methyl sites for hydroxylation is 1. The van der Waals surface area contributed by atoms with Crippen LogP contribution >= 0.6 is 0 Å². The molecule has 57 heavy (non-hydrogen) atoms. The molecule has 0 radical (unpaired) electrons. The van der Waals surface area contributed by atoms with Crippen LogP contribution in [0.25, 0.3) is 11.3 Å². The summed E-state index contributed by atoms with van der Waals surface area (Å²) in [6.07, 6.45) is 4.26. The minimum atomic E-state index is -0.221. The van der Waals surface area contributed by atoms with Gasteiger partial charge in [0, 0.05) is 93.8 Å². The average Bonchev–Trinajstić information content (AvgIpc) is 3.69. The molecule has 2 saturated heterocycles. The Hall–Kier alpha value is -5.99. The molecular formula is C43H50N10O4. The fourth-order valence-corrected chi connectivity index (χ4v) is 7.52. The molecule has 296 valence electrons. The molecule has 14 nitrogen and oxygen atoms in total. The highest BCUT2D eigenvalue weighted by atomic mass is 16.5. The molecule has 8 rings (SSSR count). The van der Waals surface area contributed by atoms with Gasteiger partial charge in [0.2, 0.25) is 11.9 Å². The topological polar surface area (TPSA) is 125 Å². The average molecular weight is 771 g/mol. The van der Waals surface area contributed by atoms with E-state index in [9.17, 15) is 4.79 Å². The molecule has 0 bridgehead atoms. The first kappa shape index (κ1) is 37.9. The number of carbonyl (C=O) groups excluding carboxylic acids is 1. The fourth-order valence-electron chi connectivity index (χ4n) is 7.52. The number of hydrogen-bond acceptors (Lipinski definition) is 12. The Morgan fingerprint density at radius 2 is 1.42 bits per heavy atom. The first-order valence-electron chi connectivity index (χ1n) is 19.5. The summed E-state index contributed by atoms with van der Waals surface area (Å²) >= 11 is 0. The Morgan fingerprint density at radius 1 is 0.789 bits per heavy atom. The molecular weight excluding hydrogens is 721 g/mol. The molecule has 3 aliphatic heterocycles. The van der Waals surface area contributed by atoms with Gasteiger partial charge in [-0.2, -0.15) is 4.98 Å². The van der Waals surface area contributed by atoms with Crippen molar-refractivity contribution < 1.29 is 19.0 Å². The number of hydrogen-bond donors (Lipinski definition) is 1. The predicted octanol–water partition coefficient (Wildman–Crippen LogP) is 5.65. The molecule has 0 unspecified atom stereocenters. The van der Waals surface area contributed by atoms with Gasteiger partial charge in [0.05, 0.1) is 33.1 Å². The second kappa shape index (κ2) is 17.0. The Kier molecular flexibility index (Phi) is 11.3. The summed E-state index contributed by atoms with van der Waals surface area (Å²) in [5.41, 5.74) is 7.56. The van der Waals surface area contributed by atoms with E-state index < -0.39 is 0 Å². The highest BCUT2D eigenvalue weighted by Crippen LogP contribution is 2.36. The number of carbonyl (C=O) groups is 1. The van der Waals surface area contributed by atoms with E-state index in [-0.39, 0.29) is 6.03 Å². The maximum Gasteiger partial charge on any atom is 0.327 e. The quantitative estimate of drug-likeness (QED) is 0.179. The van der Waals surface area contributed by atoms with E-state index in [4.69, 9.17) is 34.1 Å². The highest BCUT2D eigenvalue weighted by Gasteiger charge is 2.32. The third kappa shape index (κ3) is 8.57. The number of fused-ring (bicyclic) bond motifs is 1. The zero-order chi connectivity index (χ0) is 39.3. The van der Waals surface area contributed by atoms with Crippen molar-refractivity contribution in [2.75, 3.05) is 105 Å². The number of piperazine rings is 1. The van der Waals surface area contributed by atoms with Crippen LogP contribution in [-0.2, 0) is 24.2 Å². The molecule has 2 fully saturated rings. The fraction of sp³-hybridized carbons (Fsp3) is 0.372. The summed E-state index contributed by atoms with van der Waals surface area (Å²) in [4.78, 5) is 44.7. The lowest BCUT2D eigenvalue weighted by Gasteiger charge is -2.34. The second-order valence-corrected chi connectivity index (χ2v) is 14.7. The monoisotopic (exact) mass is 770 g/mol. The van der Waals surface area contributed by atoms with Gasteiger partial charge in [-0.05, 0) is 79.5 Å². The van der Waals surface area contributed by atoms with Gasteiger partial charge in [-0.3, -0.25) is 4.90 Å². The normalized spacial score (nSPS) is 15.7. The lowest BCUT2D eigenvalue weighted by Crippen LogP contribution is -2.44. The van der Waals surface area contributed by atoms with Crippen molar-refractivity contribution in [2.45, 2.75) is 26.4 Å². The summed E-state index contributed by atoms with van der Waals surface area (Å²) in [6, 6.07) is 22.1. The van der Waals surface area contributed by atoms with Crippen molar-refractivity contribution in [3.8, 4) is 22.8 Å². The number of nitrogens with zero attached hydrogens (tertiary/aromatic N) is 9. The van der Waals surface area contributed by atoms with Crippen LogP contribution in [0.3, 0.4) is 0 Å². The van der Waals surface area contributed by atoms with Crippen LogP contribution < -0.4 is 34.4 Å². The molecule has 0 spiro atoms. The van der Waals surface area contributed by atoms with E-state index in [1.54, 1.807) is 19.1 Å². The standard InChI is InChI=1S/C43H50N10O4/c1-30-25-34(50-19-17-49(2)18-20-50)9-14-38(30)46-43(54)53-16-15-37-39(47-42(48-40(37)53)51-21-23-57-24-22-51)33-26-44-41(45-27-33)52(28-31-5-10-35(55-3)11-6-31)29-32-7-12-36(56-4)13-8-32/h5-14,25-27H,15-24,28-29H2,1-4H3,(H,46,54). The van der Waals surface area contributed by atoms with Crippen LogP contribution in [0.5, 0.6) is 11.5 Å². The number of morpholine rings is 1. The lowest BCUT2D eigenvalue weighted by atomic mass is 10.1. The smallest absolute Gasteiger partial charge is 0.327 e. The molecule has 3 aromatic carbocycles. The lowest BCUT2D eigenvalue weighted by molar-refractivity contribution is 0.122. The van der Waals surface area contributed by atoms with Crippen LogP contribution in [0.15, 0.2) is 79.1 Å². The van der Waals surface area contributed by atoms with Gasteiger partial charge in [0.25, 0.3) is 0 Å². The van der Waals surface area contributed by atoms with Crippen molar-refractivity contribution in [1.29, 1.82) is 0 Å². The van der Waals surface area contributed by atoms with Gasteiger partial charge in [-0.25, -0.2) is 19.7 Å². The molecule has 2 aromatic heterocycles.